The molecule has 0 fully saturated rings. The number of benzene rings is 7. The minimum atomic E-state index is 0.772. The molecule has 1 aromatic heterocycles. The first-order valence-corrected chi connectivity index (χ1v) is 26.1. The average Bonchev–Trinajstić information content (AvgIpc) is 3.84. The summed E-state index contributed by atoms with van der Waals surface area (Å²) in [5.74, 6) is 0. The quantitative estimate of drug-likeness (QED) is 0.0892. The number of rotatable bonds is 13. The van der Waals surface area contributed by atoms with Crippen molar-refractivity contribution in [3.8, 4) is 0 Å². The van der Waals surface area contributed by atoms with Crippen molar-refractivity contribution in [1.82, 2.24) is 0 Å². The third-order valence-electron chi connectivity index (χ3n) is 12.0. The third-order valence-corrected chi connectivity index (χ3v) is 12.0. The van der Waals surface area contributed by atoms with E-state index < -0.39 is 0 Å². The Morgan fingerprint density at radius 1 is 0.573 bits per heavy atom. The SMILES string of the molecule is C=C/C=C(\C=C(/C)c1cc(C2=CC=C(N(c3ccccc3)c3ccccc3)CC2)ccc1N)C(/C=C\c1ccccc1)=C/C.C=C/C=C(\C=C/C)c1ccc2oc3ccccc3c2c1.CC.CC.Nc1ccccc1. The van der Waals surface area contributed by atoms with E-state index in [1.54, 1.807) is 0 Å². The topological polar surface area (TPSA) is 68.4 Å². The van der Waals surface area contributed by atoms with Crippen molar-refractivity contribution in [1.29, 1.82) is 0 Å². The Labute approximate surface area is 448 Å². The minimum Gasteiger partial charge on any atom is -0.456 e. The maximum Gasteiger partial charge on any atom is 0.135 e. The van der Waals surface area contributed by atoms with Gasteiger partial charge in [0.2, 0.25) is 0 Å². The van der Waals surface area contributed by atoms with Gasteiger partial charge in [-0.2, -0.15) is 0 Å². The van der Waals surface area contributed by atoms with Crippen LogP contribution in [0.25, 0.3) is 44.7 Å². The van der Waals surface area contributed by atoms with Gasteiger partial charge >= 0.3 is 0 Å². The molecule has 0 bridgehead atoms. The fraction of sp³-hybridized carbons (Fsp3) is 0.127. The van der Waals surface area contributed by atoms with Gasteiger partial charge < -0.3 is 20.8 Å². The van der Waals surface area contributed by atoms with E-state index in [0.717, 1.165) is 79.6 Å². The van der Waals surface area contributed by atoms with Gasteiger partial charge in [0.15, 0.2) is 0 Å². The summed E-state index contributed by atoms with van der Waals surface area (Å²) in [5.41, 5.74) is 29.3. The van der Waals surface area contributed by atoms with E-state index in [4.69, 9.17) is 15.9 Å². The highest BCUT2D eigenvalue weighted by Crippen LogP contribution is 2.38. The summed E-state index contributed by atoms with van der Waals surface area (Å²) in [6, 6.07) is 61.8. The summed E-state index contributed by atoms with van der Waals surface area (Å²) in [5, 5.41) is 2.31. The summed E-state index contributed by atoms with van der Waals surface area (Å²) >= 11 is 0. The Balaban J connectivity index is 0.000000274. The second-order valence-electron chi connectivity index (χ2n) is 16.9. The normalized spacial score (nSPS) is 12.7. The standard InChI is InChI=1S/C42H40N2.C19H16O.C6H7N.2C2H6/c1-4-15-36(34(5-2)23-22-33-16-9-6-10-17-33)30-32(3)41-31-37(26-29-42(41)43)35-24-27-40(28-25-35)44(38-18-11-7-12-19-38)39-20-13-8-14-21-39;1-3-7-14(8-4-2)15-11-12-19-17(13-15)16-9-5-6-10-18(16)20-19;7-6-4-2-1-3-5-6;2*1-2/h4-24,26-27,29-31H,1,25,28,43H2,2-3H3;3-13H,1H2,2H3;1-5H,7H2;2*1-2H3/b23-22-,32-30+,34-5+,36-15+;8-4-,14-7+;;;. The van der Waals surface area contributed by atoms with Crippen molar-refractivity contribution in [2.75, 3.05) is 16.4 Å². The second kappa shape index (κ2) is 30.9. The van der Waals surface area contributed by atoms with Crippen LogP contribution in [-0.2, 0) is 0 Å². The molecule has 4 heteroatoms. The van der Waals surface area contributed by atoms with Crippen LogP contribution >= 0.6 is 0 Å². The lowest BCUT2D eigenvalue weighted by atomic mass is 9.91. The predicted molar refractivity (Wildman–Crippen MR) is 333 cm³/mol. The van der Waals surface area contributed by atoms with Gasteiger partial charge in [0, 0.05) is 44.8 Å². The van der Waals surface area contributed by atoms with E-state index >= 15 is 0 Å². The molecule has 1 heterocycles. The fourth-order valence-corrected chi connectivity index (χ4v) is 8.47. The molecule has 0 unspecified atom stereocenters. The largest absolute Gasteiger partial charge is 0.456 e. The van der Waals surface area contributed by atoms with Crippen molar-refractivity contribution in [3.05, 3.63) is 301 Å². The van der Waals surface area contributed by atoms with E-state index in [0.29, 0.717) is 0 Å². The van der Waals surface area contributed by atoms with E-state index in [9.17, 15) is 0 Å². The van der Waals surface area contributed by atoms with Gasteiger partial charge in [-0.15, -0.1) is 0 Å². The summed E-state index contributed by atoms with van der Waals surface area (Å²) < 4.78 is 5.85. The molecule has 1 aliphatic rings. The van der Waals surface area contributed by atoms with Crippen molar-refractivity contribution < 1.29 is 4.42 Å². The van der Waals surface area contributed by atoms with Gasteiger partial charge in [-0.05, 0) is 151 Å². The van der Waals surface area contributed by atoms with Gasteiger partial charge in [-0.25, -0.2) is 0 Å². The molecule has 4 N–H and O–H groups in total. The summed E-state index contributed by atoms with van der Waals surface area (Å²) in [6.45, 7) is 22.0. The van der Waals surface area contributed by atoms with Crippen molar-refractivity contribution >= 4 is 67.5 Å². The van der Waals surface area contributed by atoms with Crippen LogP contribution in [0.4, 0.5) is 22.7 Å². The lowest BCUT2D eigenvalue weighted by Gasteiger charge is -2.30. The van der Waals surface area contributed by atoms with Crippen LogP contribution in [0.15, 0.2) is 283 Å². The van der Waals surface area contributed by atoms with Crippen molar-refractivity contribution in [3.63, 3.8) is 0 Å². The molecule has 1 aliphatic carbocycles. The Kier molecular flexibility index (Phi) is 23.5. The monoisotopic (exact) mass is 986 g/mol. The van der Waals surface area contributed by atoms with E-state index in [1.807, 2.05) is 126 Å². The number of hydrogen-bond donors (Lipinski definition) is 2. The molecular weight excluding hydrogens is 911 g/mol. The zero-order chi connectivity index (χ0) is 53.8. The second-order valence-corrected chi connectivity index (χ2v) is 16.9. The van der Waals surface area contributed by atoms with Crippen molar-refractivity contribution in [2.24, 2.45) is 0 Å². The highest BCUT2D eigenvalue weighted by molar-refractivity contribution is 6.06. The molecule has 0 radical (unpaired) electrons. The molecule has 0 amide bonds. The van der Waals surface area contributed by atoms with Crippen LogP contribution < -0.4 is 16.4 Å². The van der Waals surface area contributed by atoms with Gasteiger partial charge in [0.1, 0.15) is 11.2 Å². The smallest absolute Gasteiger partial charge is 0.135 e. The molecule has 0 atom stereocenters. The number of fused-ring (bicyclic) bond motifs is 3. The van der Waals surface area contributed by atoms with Crippen LogP contribution in [0.5, 0.6) is 0 Å². The summed E-state index contributed by atoms with van der Waals surface area (Å²) in [6.07, 6.45) is 26.9. The van der Waals surface area contributed by atoms with Gasteiger partial charge in [0.05, 0.1) is 0 Å². The third kappa shape index (κ3) is 16.3. The van der Waals surface area contributed by atoms with Crippen LogP contribution in [0.3, 0.4) is 0 Å². The Morgan fingerprint density at radius 2 is 1.16 bits per heavy atom. The minimum absolute atomic E-state index is 0.772. The molecule has 0 saturated carbocycles. The molecule has 8 aromatic rings. The van der Waals surface area contributed by atoms with Gasteiger partial charge in [0.25, 0.3) is 0 Å². The number of nitrogen functional groups attached to an aromatic ring is 2. The molecule has 9 rings (SSSR count). The summed E-state index contributed by atoms with van der Waals surface area (Å²) in [4.78, 5) is 2.35. The lowest BCUT2D eigenvalue weighted by molar-refractivity contribution is 0.669. The van der Waals surface area contributed by atoms with Crippen LogP contribution in [-0.4, -0.2) is 0 Å². The first kappa shape index (κ1) is 57.0. The maximum atomic E-state index is 6.56. The Hall–Kier alpha value is -8.86. The first-order valence-electron chi connectivity index (χ1n) is 26.1. The molecule has 75 heavy (non-hydrogen) atoms. The average molecular weight is 986 g/mol. The van der Waals surface area contributed by atoms with E-state index in [-0.39, 0.29) is 0 Å². The molecule has 0 spiro atoms. The van der Waals surface area contributed by atoms with Crippen molar-refractivity contribution in [2.45, 2.75) is 61.3 Å². The Bertz CT molecular complexity index is 3270. The zero-order valence-corrected chi connectivity index (χ0v) is 45.1. The number of furan rings is 1. The molecule has 0 saturated heterocycles. The Morgan fingerprint density at radius 3 is 1.72 bits per heavy atom. The number of allylic oxidation sites excluding steroid dienone is 17. The van der Waals surface area contributed by atoms with Crippen LogP contribution in [0, 0.1) is 0 Å². The number of nitrogens with two attached hydrogens (primary N) is 2. The van der Waals surface area contributed by atoms with Crippen LogP contribution in [0.1, 0.15) is 83.6 Å². The van der Waals surface area contributed by atoms with Gasteiger partial charge in [-0.1, -0.05) is 223 Å². The predicted octanol–water partition coefficient (Wildman–Crippen LogP) is 20.4. The molecule has 4 nitrogen and oxygen atoms in total. The van der Waals surface area contributed by atoms with Gasteiger partial charge in [-0.3, -0.25) is 0 Å². The lowest BCUT2D eigenvalue weighted by Crippen LogP contribution is -2.17. The molecule has 7 aromatic carbocycles. The van der Waals surface area contributed by atoms with E-state index in [2.05, 4.69) is 196 Å². The summed E-state index contributed by atoms with van der Waals surface area (Å²) in [7, 11) is 0. The maximum absolute atomic E-state index is 6.56. The number of anilines is 4. The zero-order valence-electron chi connectivity index (χ0n) is 45.1. The highest BCUT2D eigenvalue weighted by atomic mass is 16.3. The number of hydrogen-bond acceptors (Lipinski definition) is 4. The number of para-hydroxylation sites is 4. The first-order chi connectivity index (χ1) is 36.8. The highest BCUT2D eigenvalue weighted by Gasteiger charge is 2.18. The molecule has 0 aliphatic heterocycles. The van der Waals surface area contributed by atoms with Crippen LogP contribution in [0.2, 0.25) is 0 Å². The fourth-order valence-electron chi connectivity index (χ4n) is 8.47. The molecular formula is C71H75N3O. The molecule has 380 valence electrons. The van der Waals surface area contributed by atoms with E-state index in [1.165, 1.54) is 33.8 Å². The number of nitrogens with zero attached hydrogens (tertiary/aromatic N) is 1.